The second-order valence-electron chi connectivity index (χ2n) is 5.27. The van der Waals surface area contributed by atoms with Crippen LogP contribution in [0.1, 0.15) is 31.4 Å². The fourth-order valence-electron chi connectivity index (χ4n) is 2.00. The largest absolute Gasteiger partial charge is 0.315 e. The van der Waals surface area contributed by atoms with Gasteiger partial charge in [-0.15, -0.1) is 0 Å². The lowest BCUT2D eigenvalue weighted by Gasteiger charge is -2.15. The Kier molecular flexibility index (Phi) is 7.28. The second-order valence-corrected chi connectivity index (χ2v) is 7.46. The van der Waals surface area contributed by atoms with E-state index in [1.165, 1.54) is 12.1 Å². The zero-order valence-electron chi connectivity index (χ0n) is 12.9. The number of nitrogens with one attached hydrogen (secondary N) is 2. The van der Waals surface area contributed by atoms with Crippen LogP contribution < -0.4 is 10.0 Å². The summed E-state index contributed by atoms with van der Waals surface area (Å²) in [6, 6.07) is 4.56. The normalized spacial score (nSPS) is 13.3. The van der Waals surface area contributed by atoms with E-state index in [-0.39, 0.29) is 5.82 Å². The molecule has 0 spiro atoms. The van der Waals surface area contributed by atoms with Crippen molar-refractivity contribution in [1.82, 2.24) is 10.0 Å². The number of hydrogen-bond acceptors (Lipinski definition) is 3. The Hall–Kier alpha value is -0.980. The number of benzene rings is 1. The maximum atomic E-state index is 13.0. The quantitative estimate of drug-likeness (QED) is 0.685. The van der Waals surface area contributed by atoms with E-state index in [9.17, 15) is 12.8 Å². The lowest BCUT2D eigenvalue weighted by Crippen LogP contribution is -2.39. The summed E-state index contributed by atoms with van der Waals surface area (Å²) in [5, 5.41) is 2.63. The molecule has 0 aromatic heterocycles. The average molecular weight is 316 g/mol. The first-order valence-electron chi connectivity index (χ1n) is 7.31. The Morgan fingerprint density at radius 2 is 2.00 bits per heavy atom. The Balaban J connectivity index is 2.46. The Labute approximate surface area is 127 Å². The summed E-state index contributed by atoms with van der Waals surface area (Å²) in [6.45, 7) is 7.13. The van der Waals surface area contributed by atoms with Gasteiger partial charge in [0.05, 0.1) is 5.25 Å². The molecule has 1 aromatic carbocycles. The van der Waals surface area contributed by atoms with Crippen molar-refractivity contribution < 1.29 is 12.8 Å². The van der Waals surface area contributed by atoms with Crippen molar-refractivity contribution >= 4 is 10.0 Å². The lowest BCUT2D eigenvalue weighted by molar-refractivity contribution is 0.557. The van der Waals surface area contributed by atoms with Crippen molar-refractivity contribution in [1.29, 1.82) is 0 Å². The van der Waals surface area contributed by atoms with Crippen molar-refractivity contribution in [3.8, 4) is 0 Å². The predicted molar refractivity (Wildman–Crippen MR) is 84.4 cm³/mol. The topological polar surface area (TPSA) is 58.2 Å². The van der Waals surface area contributed by atoms with E-state index in [1.807, 2.05) is 13.8 Å². The highest BCUT2D eigenvalue weighted by atomic mass is 32.2. The van der Waals surface area contributed by atoms with Crippen LogP contribution in [0.3, 0.4) is 0 Å². The van der Waals surface area contributed by atoms with E-state index >= 15 is 0 Å². The molecule has 1 unspecified atom stereocenters. The van der Waals surface area contributed by atoms with Gasteiger partial charge in [-0.05, 0) is 56.5 Å². The van der Waals surface area contributed by atoms with E-state index in [2.05, 4.69) is 10.0 Å². The van der Waals surface area contributed by atoms with E-state index in [0.717, 1.165) is 24.1 Å². The van der Waals surface area contributed by atoms with Gasteiger partial charge in [-0.3, -0.25) is 0 Å². The van der Waals surface area contributed by atoms with Gasteiger partial charge in [0.25, 0.3) is 0 Å². The third-order valence-electron chi connectivity index (χ3n) is 3.39. The maximum absolute atomic E-state index is 13.0. The summed E-state index contributed by atoms with van der Waals surface area (Å²) in [5.41, 5.74) is 1.79. The Morgan fingerprint density at radius 1 is 1.29 bits per heavy atom. The molecule has 0 aliphatic heterocycles. The standard InChI is InChI=1S/C15H25FN2O2S/c1-4-8-17-11-13(3)21(19,20)18-9-7-14-5-6-15(16)10-12(14)2/h5-6,10,13,17-18H,4,7-9,11H2,1-3H3. The van der Waals surface area contributed by atoms with Gasteiger partial charge in [0.2, 0.25) is 10.0 Å². The highest BCUT2D eigenvalue weighted by Crippen LogP contribution is 2.10. The van der Waals surface area contributed by atoms with Gasteiger partial charge in [0.15, 0.2) is 0 Å². The summed E-state index contributed by atoms with van der Waals surface area (Å²) < 4.78 is 39.7. The van der Waals surface area contributed by atoms with E-state index in [0.29, 0.717) is 19.5 Å². The van der Waals surface area contributed by atoms with Crippen LogP contribution in [0.15, 0.2) is 18.2 Å². The smallest absolute Gasteiger partial charge is 0.215 e. The molecular formula is C15H25FN2O2S. The van der Waals surface area contributed by atoms with Crippen molar-refractivity contribution in [2.24, 2.45) is 0 Å². The number of halogens is 1. The van der Waals surface area contributed by atoms with E-state index in [1.54, 1.807) is 13.0 Å². The first kappa shape index (κ1) is 18.1. The summed E-state index contributed by atoms with van der Waals surface area (Å²) >= 11 is 0. The van der Waals surface area contributed by atoms with E-state index < -0.39 is 15.3 Å². The molecule has 0 fully saturated rings. The molecule has 2 N–H and O–H groups in total. The minimum atomic E-state index is -3.32. The number of hydrogen-bond donors (Lipinski definition) is 2. The Bertz CT molecular complexity index is 547. The number of aryl methyl sites for hydroxylation is 1. The number of rotatable bonds is 9. The second kappa shape index (κ2) is 8.46. The van der Waals surface area contributed by atoms with Gasteiger partial charge in [-0.1, -0.05) is 13.0 Å². The molecule has 4 nitrogen and oxygen atoms in total. The minimum Gasteiger partial charge on any atom is -0.315 e. The highest BCUT2D eigenvalue weighted by molar-refractivity contribution is 7.90. The molecule has 0 saturated carbocycles. The van der Waals surface area contributed by atoms with Crippen molar-refractivity contribution in [3.63, 3.8) is 0 Å². The summed E-state index contributed by atoms with van der Waals surface area (Å²) in [6.07, 6.45) is 1.53. The summed E-state index contributed by atoms with van der Waals surface area (Å²) in [7, 11) is -3.32. The molecule has 0 aliphatic rings. The minimum absolute atomic E-state index is 0.271. The van der Waals surface area contributed by atoms with E-state index in [4.69, 9.17) is 0 Å². The molecule has 1 rings (SSSR count). The molecule has 0 radical (unpaired) electrons. The van der Waals surface area contributed by atoms with Gasteiger partial charge in [0, 0.05) is 13.1 Å². The van der Waals surface area contributed by atoms with Gasteiger partial charge in [0.1, 0.15) is 5.82 Å². The first-order valence-corrected chi connectivity index (χ1v) is 8.85. The van der Waals surface area contributed by atoms with Gasteiger partial charge < -0.3 is 5.32 Å². The van der Waals surface area contributed by atoms with Crippen LogP contribution in [0.25, 0.3) is 0 Å². The molecule has 0 heterocycles. The van der Waals surface area contributed by atoms with Crippen LogP contribution in [0.2, 0.25) is 0 Å². The molecule has 1 aromatic rings. The van der Waals surface area contributed by atoms with Crippen molar-refractivity contribution in [2.45, 2.75) is 38.9 Å². The fourth-order valence-corrected chi connectivity index (χ4v) is 3.01. The Morgan fingerprint density at radius 3 is 2.62 bits per heavy atom. The molecular weight excluding hydrogens is 291 g/mol. The highest BCUT2D eigenvalue weighted by Gasteiger charge is 2.19. The van der Waals surface area contributed by atoms with Crippen molar-refractivity contribution in [2.75, 3.05) is 19.6 Å². The maximum Gasteiger partial charge on any atom is 0.215 e. The van der Waals surface area contributed by atoms with Crippen LogP contribution in [0, 0.1) is 12.7 Å². The molecule has 1 atom stereocenters. The van der Waals surface area contributed by atoms with Gasteiger partial charge >= 0.3 is 0 Å². The third kappa shape index (κ3) is 6.11. The van der Waals surface area contributed by atoms with Crippen LogP contribution in [-0.4, -0.2) is 33.3 Å². The summed E-state index contributed by atoms with van der Waals surface area (Å²) in [4.78, 5) is 0. The van der Waals surface area contributed by atoms with Crippen molar-refractivity contribution in [3.05, 3.63) is 35.1 Å². The SMILES string of the molecule is CCCNCC(C)S(=O)(=O)NCCc1ccc(F)cc1C. The number of sulfonamides is 1. The molecule has 0 aliphatic carbocycles. The lowest BCUT2D eigenvalue weighted by atomic mass is 10.1. The van der Waals surface area contributed by atoms with Crippen LogP contribution >= 0.6 is 0 Å². The van der Waals surface area contributed by atoms with Crippen LogP contribution in [0.4, 0.5) is 4.39 Å². The predicted octanol–water partition coefficient (Wildman–Crippen LogP) is 1.98. The molecule has 0 amide bonds. The van der Waals surface area contributed by atoms with Crippen LogP contribution in [0.5, 0.6) is 0 Å². The first-order chi connectivity index (χ1) is 9.86. The molecule has 120 valence electrons. The molecule has 0 bridgehead atoms. The third-order valence-corrected chi connectivity index (χ3v) is 5.22. The average Bonchev–Trinajstić information content (AvgIpc) is 2.41. The fraction of sp³-hybridized carbons (Fsp3) is 0.600. The molecule has 6 heteroatoms. The summed E-state index contributed by atoms with van der Waals surface area (Å²) in [5.74, 6) is -0.271. The van der Waals surface area contributed by atoms with Gasteiger partial charge in [-0.2, -0.15) is 0 Å². The molecule has 0 saturated heterocycles. The van der Waals surface area contributed by atoms with Crippen LogP contribution in [-0.2, 0) is 16.4 Å². The van der Waals surface area contributed by atoms with Gasteiger partial charge in [-0.25, -0.2) is 17.5 Å². The zero-order chi connectivity index (χ0) is 15.9. The molecule has 21 heavy (non-hydrogen) atoms. The monoisotopic (exact) mass is 316 g/mol. The zero-order valence-corrected chi connectivity index (χ0v) is 13.8.